The molecule has 92 valence electrons. The van der Waals surface area contributed by atoms with Gasteiger partial charge in [-0.2, -0.15) is 0 Å². The normalized spacial score (nSPS) is 19.1. The second-order valence-electron chi connectivity index (χ2n) is 5.13. The lowest BCUT2D eigenvalue weighted by Crippen LogP contribution is -2.31. The van der Waals surface area contributed by atoms with Gasteiger partial charge in [0.15, 0.2) is 0 Å². The molecule has 0 unspecified atom stereocenters. The Balaban J connectivity index is 2.01. The summed E-state index contributed by atoms with van der Waals surface area (Å²) in [5.41, 5.74) is 0.117. The van der Waals surface area contributed by atoms with Gasteiger partial charge in [0, 0.05) is 12.8 Å². The summed E-state index contributed by atoms with van der Waals surface area (Å²) in [6.45, 7) is 0. The highest BCUT2D eigenvalue weighted by molar-refractivity contribution is 5.83. The zero-order valence-corrected chi connectivity index (χ0v) is 10.2. The largest absolute Gasteiger partial charge is 0.385 e. The van der Waals surface area contributed by atoms with Gasteiger partial charge in [0.2, 0.25) is 0 Å². The van der Waals surface area contributed by atoms with E-state index >= 15 is 0 Å². The molecule has 2 nitrogen and oxygen atoms in total. The summed E-state index contributed by atoms with van der Waals surface area (Å²) in [5.74, 6) is 0.264. The number of carbonyl (C=O) groups is 1. The minimum atomic E-state index is -0.821. The van der Waals surface area contributed by atoms with E-state index in [0.29, 0.717) is 25.7 Å². The molecule has 0 aromatic heterocycles. The highest BCUT2D eigenvalue weighted by Gasteiger charge is 2.33. The van der Waals surface area contributed by atoms with Crippen molar-refractivity contribution in [3.63, 3.8) is 0 Å². The van der Waals surface area contributed by atoms with Crippen molar-refractivity contribution in [2.45, 2.75) is 31.3 Å². The van der Waals surface area contributed by atoms with Crippen LogP contribution in [0.2, 0.25) is 0 Å². The standard InChI is InChI=1S/C16H16O2/c17-15-7-9-16(18,10-8-15)14-6-5-12-3-1-2-4-13(12)11-14/h1-6,11,18H,7-10H2. The minimum absolute atomic E-state index is 0.264. The summed E-state index contributed by atoms with van der Waals surface area (Å²) < 4.78 is 0. The minimum Gasteiger partial charge on any atom is -0.385 e. The third-order valence-electron chi connectivity index (χ3n) is 3.92. The van der Waals surface area contributed by atoms with Crippen molar-refractivity contribution in [1.82, 2.24) is 0 Å². The molecule has 2 heteroatoms. The average Bonchev–Trinajstić information content (AvgIpc) is 2.42. The summed E-state index contributed by atoms with van der Waals surface area (Å²) in [4.78, 5) is 11.3. The van der Waals surface area contributed by atoms with Crippen molar-refractivity contribution >= 4 is 16.6 Å². The van der Waals surface area contributed by atoms with Gasteiger partial charge in [-0.1, -0.05) is 36.4 Å². The van der Waals surface area contributed by atoms with Crippen LogP contribution in [-0.4, -0.2) is 10.9 Å². The SMILES string of the molecule is O=C1CCC(O)(c2ccc3ccccc3c2)CC1. The van der Waals surface area contributed by atoms with Crippen molar-refractivity contribution in [3.05, 3.63) is 48.0 Å². The van der Waals surface area contributed by atoms with Crippen LogP contribution in [0.15, 0.2) is 42.5 Å². The number of ketones is 1. The number of rotatable bonds is 1. The molecule has 3 rings (SSSR count). The highest BCUT2D eigenvalue weighted by atomic mass is 16.3. The van der Waals surface area contributed by atoms with E-state index in [-0.39, 0.29) is 5.78 Å². The van der Waals surface area contributed by atoms with Gasteiger partial charge in [-0.25, -0.2) is 0 Å². The highest BCUT2D eigenvalue weighted by Crippen LogP contribution is 2.36. The van der Waals surface area contributed by atoms with Gasteiger partial charge in [0.05, 0.1) is 5.60 Å². The Bertz CT molecular complexity index is 591. The fourth-order valence-corrected chi connectivity index (χ4v) is 2.71. The van der Waals surface area contributed by atoms with Crippen LogP contribution in [0.1, 0.15) is 31.2 Å². The van der Waals surface area contributed by atoms with Crippen LogP contribution >= 0.6 is 0 Å². The van der Waals surface area contributed by atoms with E-state index in [1.807, 2.05) is 30.3 Å². The number of Topliss-reactive ketones (excluding diaryl/α,β-unsaturated/α-hetero) is 1. The Kier molecular flexibility index (Phi) is 2.67. The predicted molar refractivity (Wildman–Crippen MR) is 71.3 cm³/mol. The second kappa shape index (κ2) is 4.21. The summed E-state index contributed by atoms with van der Waals surface area (Å²) in [6, 6.07) is 14.2. The molecular weight excluding hydrogens is 224 g/mol. The van der Waals surface area contributed by atoms with Crippen LogP contribution in [0.5, 0.6) is 0 Å². The molecule has 0 amide bonds. The first kappa shape index (κ1) is 11.4. The smallest absolute Gasteiger partial charge is 0.133 e. The lowest BCUT2D eigenvalue weighted by atomic mass is 9.79. The molecule has 0 heterocycles. The Hall–Kier alpha value is -1.67. The van der Waals surface area contributed by atoms with E-state index in [1.54, 1.807) is 0 Å². The average molecular weight is 240 g/mol. The molecule has 1 N–H and O–H groups in total. The Morgan fingerprint density at radius 2 is 1.61 bits per heavy atom. The van der Waals surface area contributed by atoms with Crippen LogP contribution in [-0.2, 0) is 10.4 Å². The Morgan fingerprint density at radius 3 is 2.33 bits per heavy atom. The summed E-state index contributed by atoms with van der Waals surface area (Å²) in [6.07, 6.45) is 2.07. The third-order valence-corrected chi connectivity index (χ3v) is 3.92. The lowest BCUT2D eigenvalue weighted by molar-refractivity contribution is -0.125. The van der Waals surface area contributed by atoms with Crippen LogP contribution in [0.3, 0.4) is 0 Å². The first-order valence-electron chi connectivity index (χ1n) is 6.41. The number of hydrogen-bond acceptors (Lipinski definition) is 2. The molecule has 0 saturated heterocycles. The van der Waals surface area contributed by atoms with Gasteiger partial charge in [-0.05, 0) is 35.2 Å². The number of aliphatic hydroxyl groups is 1. The molecular formula is C16H16O2. The maximum absolute atomic E-state index is 11.3. The van der Waals surface area contributed by atoms with E-state index < -0.39 is 5.60 Å². The molecule has 2 aromatic rings. The summed E-state index contributed by atoms with van der Waals surface area (Å²) in [7, 11) is 0. The van der Waals surface area contributed by atoms with Crippen LogP contribution in [0.25, 0.3) is 10.8 Å². The van der Waals surface area contributed by atoms with Gasteiger partial charge in [-0.15, -0.1) is 0 Å². The monoisotopic (exact) mass is 240 g/mol. The zero-order chi connectivity index (χ0) is 12.6. The molecule has 0 atom stereocenters. The Labute approximate surface area is 106 Å². The lowest BCUT2D eigenvalue weighted by Gasteiger charge is -2.32. The van der Waals surface area contributed by atoms with Gasteiger partial charge in [0.1, 0.15) is 5.78 Å². The van der Waals surface area contributed by atoms with Crippen LogP contribution in [0, 0.1) is 0 Å². The molecule has 1 fully saturated rings. The summed E-state index contributed by atoms with van der Waals surface area (Å²) in [5, 5.41) is 13.0. The molecule has 1 saturated carbocycles. The van der Waals surface area contributed by atoms with Gasteiger partial charge >= 0.3 is 0 Å². The van der Waals surface area contributed by atoms with E-state index in [9.17, 15) is 9.90 Å². The molecule has 0 radical (unpaired) electrons. The molecule has 1 aliphatic carbocycles. The molecule has 18 heavy (non-hydrogen) atoms. The fraction of sp³-hybridized carbons (Fsp3) is 0.312. The zero-order valence-electron chi connectivity index (χ0n) is 10.2. The van der Waals surface area contributed by atoms with Gasteiger partial charge in [-0.3, -0.25) is 4.79 Å². The molecule has 1 aliphatic rings. The molecule has 0 spiro atoms. The quantitative estimate of drug-likeness (QED) is 0.831. The maximum Gasteiger partial charge on any atom is 0.133 e. The van der Waals surface area contributed by atoms with Crippen molar-refractivity contribution < 1.29 is 9.90 Å². The molecule has 0 aliphatic heterocycles. The molecule has 0 bridgehead atoms. The summed E-state index contributed by atoms with van der Waals surface area (Å²) >= 11 is 0. The maximum atomic E-state index is 11.3. The van der Waals surface area contributed by atoms with Crippen LogP contribution < -0.4 is 0 Å². The number of hydrogen-bond donors (Lipinski definition) is 1. The third kappa shape index (κ3) is 1.93. The van der Waals surface area contributed by atoms with E-state index in [1.165, 1.54) is 5.39 Å². The van der Waals surface area contributed by atoms with E-state index in [4.69, 9.17) is 0 Å². The van der Waals surface area contributed by atoms with Gasteiger partial charge in [0.25, 0.3) is 0 Å². The fourth-order valence-electron chi connectivity index (χ4n) is 2.71. The number of fused-ring (bicyclic) bond motifs is 1. The van der Waals surface area contributed by atoms with Crippen LogP contribution in [0.4, 0.5) is 0 Å². The van der Waals surface area contributed by atoms with Crippen molar-refractivity contribution in [2.24, 2.45) is 0 Å². The van der Waals surface area contributed by atoms with Gasteiger partial charge < -0.3 is 5.11 Å². The first-order chi connectivity index (χ1) is 8.67. The number of benzene rings is 2. The van der Waals surface area contributed by atoms with Crippen molar-refractivity contribution in [3.8, 4) is 0 Å². The van der Waals surface area contributed by atoms with Crippen molar-refractivity contribution in [1.29, 1.82) is 0 Å². The Morgan fingerprint density at radius 1 is 0.944 bits per heavy atom. The van der Waals surface area contributed by atoms with E-state index in [2.05, 4.69) is 12.1 Å². The number of carbonyl (C=O) groups excluding carboxylic acids is 1. The van der Waals surface area contributed by atoms with Crippen molar-refractivity contribution in [2.75, 3.05) is 0 Å². The van der Waals surface area contributed by atoms with E-state index in [0.717, 1.165) is 10.9 Å². The topological polar surface area (TPSA) is 37.3 Å². The second-order valence-corrected chi connectivity index (χ2v) is 5.13. The molecule has 2 aromatic carbocycles. The predicted octanol–water partition coefficient (Wildman–Crippen LogP) is 3.17. The first-order valence-corrected chi connectivity index (χ1v) is 6.41.